The van der Waals surface area contributed by atoms with Crippen molar-refractivity contribution in [3.8, 4) is 0 Å². The minimum atomic E-state index is -0.584. The van der Waals surface area contributed by atoms with Gasteiger partial charge in [-0.05, 0) is 62.4 Å². The van der Waals surface area contributed by atoms with Crippen molar-refractivity contribution in [3.05, 3.63) is 86.6 Å². The molecule has 206 valence electrons. The number of hydrogen-bond acceptors (Lipinski definition) is 6. The number of aromatic nitrogens is 1. The Morgan fingerprint density at radius 3 is 1.56 bits per heavy atom. The molecule has 4 rings (SSSR count). The summed E-state index contributed by atoms with van der Waals surface area (Å²) >= 11 is 20.6. The van der Waals surface area contributed by atoms with Gasteiger partial charge in [0.05, 0.1) is 24.6 Å². The van der Waals surface area contributed by atoms with Crippen molar-refractivity contribution in [1.82, 2.24) is 4.98 Å². The third-order valence-corrected chi connectivity index (χ3v) is 7.76. The van der Waals surface area contributed by atoms with Crippen LogP contribution in [0.5, 0.6) is 0 Å². The zero-order valence-corrected chi connectivity index (χ0v) is 29.9. The molecule has 13 heteroatoms. The van der Waals surface area contributed by atoms with E-state index < -0.39 is 11.9 Å². The molecular formula is C26H21Br6N3O4. The van der Waals surface area contributed by atoms with Crippen LogP contribution in [0.4, 0.5) is 11.4 Å². The van der Waals surface area contributed by atoms with E-state index in [1.54, 1.807) is 26.0 Å². The Bertz CT molecular complexity index is 1420. The lowest BCUT2D eigenvalue weighted by Crippen LogP contribution is -2.13. The summed E-state index contributed by atoms with van der Waals surface area (Å²) in [5, 5.41) is 0.597. The smallest absolute Gasteiger partial charge is 0.355 e. The molecule has 0 amide bonds. The summed E-state index contributed by atoms with van der Waals surface area (Å²) in [5.74, 6) is -1.14. The van der Waals surface area contributed by atoms with Crippen molar-refractivity contribution >= 4 is 130 Å². The molecule has 0 saturated heterocycles. The van der Waals surface area contributed by atoms with Gasteiger partial charge in [-0.1, -0.05) is 95.6 Å². The molecule has 7 nitrogen and oxygen atoms in total. The predicted octanol–water partition coefficient (Wildman–Crippen LogP) is 10.2. The molecule has 0 saturated carbocycles. The van der Waals surface area contributed by atoms with Crippen molar-refractivity contribution in [2.45, 2.75) is 13.8 Å². The summed E-state index contributed by atoms with van der Waals surface area (Å²) in [6.07, 6.45) is 0. The molecule has 3 N–H and O–H groups in total. The fourth-order valence-corrected chi connectivity index (χ4v) is 7.42. The van der Waals surface area contributed by atoms with Crippen LogP contribution in [0.2, 0.25) is 0 Å². The Labute approximate surface area is 275 Å². The molecular weight excluding hydrogens is 898 g/mol. The summed E-state index contributed by atoms with van der Waals surface area (Å²) < 4.78 is 15.6. The summed E-state index contributed by atoms with van der Waals surface area (Å²) in [6.45, 7) is 3.86. The molecule has 4 aromatic rings. The van der Waals surface area contributed by atoms with Gasteiger partial charge in [-0.3, -0.25) is 0 Å². The molecule has 0 fully saturated rings. The molecule has 0 bridgehead atoms. The predicted molar refractivity (Wildman–Crippen MR) is 177 cm³/mol. The first kappa shape index (κ1) is 32.1. The van der Waals surface area contributed by atoms with E-state index in [-0.39, 0.29) is 24.5 Å². The highest BCUT2D eigenvalue weighted by molar-refractivity contribution is 9.11. The number of fused-ring (bicyclic) bond motifs is 1. The maximum atomic E-state index is 12.2. The summed E-state index contributed by atoms with van der Waals surface area (Å²) in [7, 11) is 0. The van der Waals surface area contributed by atoms with Crippen LogP contribution in [0.25, 0.3) is 10.9 Å². The maximum Gasteiger partial charge on any atom is 0.355 e. The van der Waals surface area contributed by atoms with Crippen LogP contribution in [-0.2, 0) is 9.47 Å². The van der Waals surface area contributed by atoms with E-state index in [0.29, 0.717) is 15.4 Å². The van der Waals surface area contributed by atoms with E-state index in [2.05, 4.69) is 111 Å². The zero-order valence-electron chi connectivity index (χ0n) is 20.4. The molecule has 0 radical (unpaired) electrons. The van der Waals surface area contributed by atoms with Gasteiger partial charge >= 0.3 is 11.9 Å². The van der Waals surface area contributed by atoms with E-state index in [4.69, 9.17) is 9.47 Å². The number of hydrogen-bond donors (Lipinski definition) is 3. The summed E-state index contributed by atoms with van der Waals surface area (Å²) in [4.78, 5) is 27.2. The van der Waals surface area contributed by atoms with Crippen LogP contribution in [0.15, 0.2) is 75.4 Å². The first-order valence-electron chi connectivity index (χ1n) is 11.3. The number of hydrazine groups is 1. The lowest BCUT2D eigenvalue weighted by atomic mass is 10.1. The number of esters is 2. The highest BCUT2D eigenvalue weighted by Crippen LogP contribution is 2.34. The lowest BCUT2D eigenvalue weighted by molar-refractivity contribution is 0.0477. The zero-order chi connectivity index (χ0) is 28.7. The van der Waals surface area contributed by atoms with Crippen molar-refractivity contribution in [1.29, 1.82) is 0 Å². The fourth-order valence-electron chi connectivity index (χ4n) is 3.41. The van der Waals surface area contributed by atoms with Crippen molar-refractivity contribution in [2.24, 2.45) is 0 Å². The van der Waals surface area contributed by atoms with Gasteiger partial charge < -0.3 is 25.3 Å². The fraction of sp³-hybridized carbons (Fsp3) is 0.154. The number of nitrogens with one attached hydrogen (secondary N) is 3. The molecule has 1 heterocycles. The second-order valence-corrected chi connectivity index (χ2v) is 13.1. The summed E-state index contributed by atoms with van der Waals surface area (Å²) in [6, 6.07) is 15.5. The molecule has 3 aromatic carbocycles. The highest BCUT2D eigenvalue weighted by atomic mass is 79.9. The topological polar surface area (TPSA) is 92.5 Å². The third kappa shape index (κ3) is 9.06. The molecule has 0 aliphatic rings. The minimum absolute atomic E-state index is 0.101. The Kier molecular flexibility index (Phi) is 12.4. The van der Waals surface area contributed by atoms with Crippen LogP contribution < -0.4 is 10.9 Å². The van der Waals surface area contributed by atoms with E-state index >= 15 is 0 Å². The number of H-pyrrole nitrogens is 1. The quantitative estimate of drug-likeness (QED) is 0.126. The average Bonchev–Trinajstić information content (AvgIpc) is 3.22. The van der Waals surface area contributed by atoms with Crippen LogP contribution >= 0.6 is 95.6 Å². The SMILES string of the molecule is Brc1cc(Br)cc(NNc2cc(Br)cc(Br)c2)c1.CCOC(=O)c1[nH]c2cc(Br)cc(Br)c2c1C(=O)OCC. The Morgan fingerprint density at radius 1 is 0.667 bits per heavy atom. The van der Waals surface area contributed by atoms with Crippen LogP contribution in [0.1, 0.15) is 34.7 Å². The van der Waals surface area contributed by atoms with Gasteiger partial charge in [0.15, 0.2) is 0 Å². The van der Waals surface area contributed by atoms with E-state index in [1.165, 1.54) is 0 Å². The number of rotatable bonds is 7. The molecule has 39 heavy (non-hydrogen) atoms. The van der Waals surface area contributed by atoms with E-state index in [0.717, 1.165) is 33.7 Å². The number of ether oxygens (including phenoxy) is 2. The van der Waals surface area contributed by atoms with E-state index in [9.17, 15) is 9.59 Å². The van der Waals surface area contributed by atoms with E-state index in [1.807, 2.05) is 36.4 Å². The van der Waals surface area contributed by atoms with Gasteiger partial charge in [0.2, 0.25) is 0 Å². The number of benzene rings is 3. The second-order valence-electron chi connectivity index (χ2n) is 7.69. The minimum Gasteiger partial charge on any atom is -0.462 e. The largest absolute Gasteiger partial charge is 0.462 e. The van der Waals surface area contributed by atoms with Crippen LogP contribution in [0, 0.1) is 0 Å². The lowest BCUT2D eigenvalue weighted by Gasteiger charge is -2.11. The second kappa shape index (κ2) is 15.0. The normalized spacial score (nSPS) is 10.5. The van der Waals surface area contributed by atoms with Gasteiger partial charge in [-0.2, -0.15) is 0 Å². The maximum absolute atomic E-state index is 12.2. The number of anilines is 2. The van der Waals surface area contributed by atoms with Crippen molar-refractivity contribution in [3.63, 3.8) is 0 Å². The molecule has 0 aliphatic heterocycles. The molecule has 1 aromatic heterocycles. The molecule has 0 unspecified atom stereocenters. The highest BCUT2D eigenvalue weighted by Gasteiger charge is 2.26. The van der Waals surface area contributed by atoms with Crippen LogP contribution in [-0.4, -0.2) is 30.1 Å². The monoisotopic (exact) mass is 913 g/mol. The summed E-state index contributed by atoms with van der Waals surface area (Å²) in [5.41, 5.74) is 9.15. The standard InChI is InChI=1S/C14H13Br2NO4.C12H8Br4N2/c1-3-20-13(18)11-10-8(16)5-7(15)6-9(10)17-12(11)14(19)21-4-2;13-7-1-8(14)4-11(3-7)17-18-12-5-9(15)2-10(16)6-12/h5-6,17H,3-4H2,1-2H3;1-6,17-18H. The van der Waals surface area contributed by atoms with Crippen molar-refractivity contribution in [2.75, 3.05) is 24.1 Å². The Balaban J connectivity index is 0.000000218. The van der Waals surface area contributed by atoms with Gasteiger partial charge in [0.1, 0.15) is 11.3 Å². The van der Waals surface area contributed by atoms with Gasteiger partial charge in [-0.25, -0.2) is 9.59 Å². The number of halogens is 6. The first-order valence-corrected chi connectivity index (χ1v) is 16.1. The first-order chi connectivity index (χ1) is 18.5. The van der Waals surface area contributed by atoms with Gasteiger partial charge in [0, 0.05) is 37.7 Å². The Morgan fingerprint density at radius 2 is 1.10 bits per heavy atom. The Hall–Kier alpha value is -1.38. The number of carbonyl (C=O) groups is 2. The number of carbonyl (C=O) groups excluding carboxylic acids is 2. The molecule has 0 aliphatic carbocycles. The third-order valence-electron chi connectivity index (χ3n) is 4.85. The molecule has 0 spiro atoms. The van der Waals surface area contributed by atoms with Crippen LogP contribution in [0.3, 0.4) is 0 Å². The average molecular weight is 919 g/mol. The van der Waals surface area contributed by atoms with Crippen molar-refractivity contribution < 1.29 is 19.1 Å². The van der Waals surface area contributed by atoms with Gasteiger partial charge in [-0.15, -0.1) is 0 Å². The molecule has 0 atom stereocenters. The number of aromatic amines is 1. The van der Waals surface area contributed by atoms with Gasteiger partial charge in [0.25, 0.3) is 0 Å².